The Hall–Kier alpha value is -0.820. The molecule has 1 fully saturated rings. The average molecular weight is 240 g/mol. The maximum Gasteiger partial charge on any atom is 0.0632 e. The van der Waals surface area contributed by atoms with E-state index in [4.69, 9.17) is 5.26 Å². The van der Waals surface area contributed by atoms with Crippen LogP contribution in [0.4, 0.5) is 0 Å². The van der Waals surface area contributed by atoms with E-state index < -0.39 is 0 Å². The number of aromatic nitrogens is 2. The van der Waals surface area contributed by atoms with Gasteiger partial charge >= 0.3 is 0 Å². The Morgan fingerprint density at radius 3 is 2.92 bits per heavy atom. The highest BCUT2D eigenvalue weighted by atomic mass is 79.9. The Labute approximate surface area is 85.5 Å². The first kappa shape index (κ1) is 8.76. The molecule has 0 N–H and O–H groups in total. The summed E-state index contributed by atoms with van der Waals surface area (Å²) in [5, 5.41) is 12.8. The molecule has 1 aliphatic carbocycles. The van der Waals surface area contributed by atoms with Crippen LogP contribution in [0.3, 0.4) is 0 Å². The van der Waals surface area contributed by atoms with E-state index in [1.807, 2.05) is 10.9 Å². The number of hydrogen-bond acceptors (Lipinski definition) is 2. The summed E-state index contributed by atoms with van der Waals surface area (Å²) in [7, 11) is 0. The zero-order valence-corrected chi connectivity index (χ0v) is 8.79. The van der Waals surface area contributed by atoms with Gasteiger partial charge in [0.2, 0.25) is 0 Å². The predicted molar refractivity (Wildman–Crippen MR) is 51.8 cm³/mol. The number of nitriles is 1. The van der Waals surface area contributed by atoms with Crippen LogP contribution < -0.4 is 0 Å². The normalized spacial score (nSPS) is 18.2. The van der Waals surface area contributed by atoms with Gasteiger partial charge in [-0.15, -0.1) is 0 Å². The molecule has 0 saturated heterocycles. The quantitative estimate of drug-likeness (QED) is 0.813. The Morgan fingerprint density at radius 1 is 1.69 bits per heavy atom. The standard InChI is InChI=1S/C9H10BrN3/c10-8-5-12-13(6-8)7-9(1-2-9)3-4-11/h5-6H,1-3,7H2. The van der Waals surface area contributed by atoms with Gasteiger partial charge in [-0.3, -0.25) is 4.68 Å². The molecule has 0 unspecified atom stereocenters. The highest BCUT2D eigenvalue weighted by Gasteiger charge is 2.42. The molecule has 13 heavy (non-hydrogen) atoms. The summed E-state index contributed by atoms with van der Waals surface area (Å²) in [6, 6.07) is 2.24. The SMILES string of the molecule is N#CCC1(Cn2cc(Br)cn2)CC1. The molecule has 2 rings (SSSR count). The van der Waals surface area contributed by atoms with Crippen molar-refractivity contribution in [2.24, 2.45) is 5.41 Å². The van der Waals surface area contributed by atoms with Crippen molar-refractivity contribution in [3.63, 3.8) is 0 Å². The van der Waals surface area contributed by atoms with Crippen LogP contribution >= 0.6 is 15.9 Å². The van der Waals surface area contributed by atoms with Gasteiger partial charge in [0.15, 0.2) is 0 Å². The lowest BCUT2D eigenvalue weighted by Gasteiger charge is -2.09. The maximum absolute atomic E-state index is 8.64. The number of rotatable bonds is 3. The molecule has 1 aromatic rings. The lowest BCUT2D eigenvalue weighted by Crippen LogP contribution is -2.11. The third-order valence-corrected chi connectivity index (χ3v) is 2.92. The molecule has 0 radical (unpaired) electrons. The van der Waals surface area contributed by atoms with Gasteiger partial charge in [-0.25, -0.2) is 0 Å². The molecule has 68 valence electrons. The summed E-state index contributed by atoms with van der Waals surface area (Å²) < 4.78 is 2.91. The van der Waals surface area contributed by atoms with E-state index in [-0.39, 0.29) is 5.41 Å². The summed E-state index contributed by atoms with van der Waals surface area (Å²) >= 11 is 3.35. The van der Waals surface area contributed by atoms with E-state index in [1.54, 1.807) is 6.20 Å². The van der Waals surface area contributed by atoms with Crippen molar-refractivity contribution in [3.8, 4) is 6.07 Å². The third kappa shape index (κ3) is 1.92. The zero-order valence-electron chi connectivity index (χ0n) is 7.20. The number of nitrogens with zero attached hydrogens (tertiary/aromatic N) is 3. The van der Waals surface area contributed by atoms with E-state index in [0.717, 1.165) is 23.9 Å². The smallest absolute Gasteiger partial charge is 0.0632 e. The number of hydrogen-bond donors (Lipinski definition) is 0. The molecular weight excluding hydrogens is 230 g/mol. The van der Waals surface area contributed by atoms with Gasteiger partial charge in [0.1, 0.15) is 0 Å². The van der Waals surface area contributed by atoms with Crippen molar-refractivity contribution >= 4 is 15.9 Å². The summed E-state index contributed by atoms with van der Waals surface area (Å²) in [4.78, 5) is 0. The van der Waals surface area contributed by atoms with Gasteiger partial charge in [-0.1, -0.05) is 0 Å². The molecular formula is C9H10BrN3. The fourth-order valence-electron chi connectivity index (χ4n) is 1.50. The second kappa shape index (κ2) is 3.15. The molecule has 1 heterocycles. The molecule has 1 aromatic heterocycles. The fourth-order valence-corrected chi connectivity index (χ4v) is 1.83. The van der Waals surface area contributed by atoms with Crippen LogP contribution in [-0.2, 0) is 6.54 Å². The lowest BCUT2D eigenvalue weighted by atomic mass is 10.0. The second-order valence-corrected chi connectivity index (χ2v) is 4.61. The fraction of sp³-hybridized carbons (Fsp3) is 0.556. The van der Waals surface area contributed by atoms with Crippen molar-refractivity contribution < 1.29 is 0 Å². The molecule has 0 aliphatic heterocycles. The summed E-state index contributed by atoms with van der Waals surface area (Å²) in [5.41, 5.74) is 0.236. The average Bonchev–Trinajstić information content (AvgIpc) is 2.70. The van der Waals surface area contributed by atoms with Gasteiger partial charge in [0, 0.05) is 24.6 Å². The van der Waals surface area contributed by atoms with Crippen LogP contribution in [-0.4, -0.2) is 9.78 Å². The first-order chi connectivity index (χ1) is 6.24. The lowest BCUT2D eigenvalue weighted by molar-refractivity contribution is 0.404. The Balaban J connectivity index is 2.02. The minimum atomic E-state index is 0.236. The minimum Gasteiger partial charge on any atom is -0.271 e. The van der Waals surface area contributed by atoms with Crippen molar-refractivity contribution in [1.82, 2.24) is 9.78 Å². The molecule has 0 spiro atoms. The van der Waals surface area contributed by atoms with Crippen LogP contribution in [0.25, 0.3) is 0 Å². The van der Waals surface area contributed by atoms with Gasteiger partial charge in [0.25, 0.3) is 0 Å². The van der Waals surface area contributed by atoms with Crippen LogP contribution in [0, 0.1) is 16.7 Å². The summed E-state index contributed by atoms with van der Waals surface area (Å²) in [6.07, 6.45) is 6.72. The number of halogens is 1. The van der Waals surface area contributed by atoms with E-state index >= 15 is 0 Å². The predicted octanol–water partition coefficient (Wildman–Crippen LogP) is 2.34. The molecule has 4 heteroatoms. The zero-order chi connectivity index (χ0) is 9.31. The molecule has 0 aromatic carbocycles. The maximum atomic E-state index is 8.64. The molecule has 0 bridgehead atoms. The summed E-state index contributed by atoms with van der Waals surface area (Å²) in [5.74, 6) is 0. The first-order valence-electron chi connectivity index (χ1n) is 4.29. The van der Waals surface area contributed by atoms with E-state index in [1.165, 1.54) is 0 Å². The van der Waals surface area contributed by atoms with Crippen molar-refractivity contribution in [1.29, 1.82) is 5.26 Å². The molecule has 1 aliphatic rings. The Morgan fingerprint density at radius 2 is 2.46 bits per heavy atom. The van der Waals surface area contributed by atoms with Gasteiger partial charge in [-0.05, 0) is 28.8 Å². The topological polar surface area (TPSA) is 41.6 Å². The van der Waals surface area contributed by atoms with Crippen LogP contribution in [0.1, 0.15) is 19.3 Å². The largest absolute Gasteiger partial charge is 0.271 e. The van der Waals surface area contributed by atoms with E-state index in [2.05, 4.69) is 27.1 Å². The van der Waals surface area contributed by atoms with Crippen molar-refractivity contribution in [2.45, 2.75) is 25.8 Å². The van der Waals surface area contributed by atoms with E-state index in [9.17, 15) is 0 Å². The van der Waals surface area contributed by atoms with E-state index in [0.29, 0.717) is 6.42 Å². The molecule has 3 nitrogen and oxygen atoms in total. The van der Waals surface area contributed by atoms with Crippen molar-refractivity contribution in [3.05, 3.63) is 16.9 Å². The molecule has 0 amide bonds. The second-order valence-electron chi connectivity index (χ2n) is 3.69. The Bertz CT molecular complexity index is 346. The third-order valence-electron chi connectivity index (χ3n) is 2.51. The highest BCUT2D eigenvalue weighted by molar-refractivity contribution is 9.10. The van der Waals surface area contributed by atoms with Crippen LogP contribution in [0.5, 0.6) is 0 Å². The highest BCUT2D eigenvalue weighted by Crippen LogP contribution is 2.49. The van der Waals surface area contributed by atoms with Crippen molar-refractivity contribution in [2.75, 3.05) is 0 Å². The monoisotopic (exact) mass is 239 g/mol. The van der Waals surface area contributed by atoms with Crippen LogP contribution in [0.15, 0.2) is 16.9 Å². The van der Waals surface area contributed by atoms with Gasteiger partial charge < -0.3 is 0 Å². The van der Waals surface area contributed by atoms with Crippen LogP contribution in [0.2, 0.25) is 0 Å². The minimum absolute atomic E-state index is 0.236. The van der Waals surface area contributed by atoms with Gasteiger partial charge in [0.05, 0.1) is 16.7 Å². The Kier molecular flexibility index (Phi) is 2.12. The molecule has 0 atom stereocenters. The first-order valence-corrected chi connectivity index (χ1v) is 5.08. The summed E-state index contributed by atoms with van der Waals surface area (Å²) in [6.45, 7) is 0.881. The van der Waals surface area contributed by atoms with Gasteiger partial charge in [-0.2, -0.15) is 10.4 Å². The molecule has 1 saturated carbocycles.